The van der Waals surface area contributed by atoms with E-state index in [2.05, 4.69) is 5.32 Å². The van der Waals surface area contributed by atoms with Crippen molar-refractivity contribution >= 4 is 0 Å². The van der Waals surface area contributed by atoms with E-state index in [-0.39, 0.29) is 12.4 Å². The Bertz CT molecular complexity index is 325. The zero-order valence-electron chi connectivity index (χ0n) is 8.97. The maximum atomic E-state index is 12.5. The van der Waals surface area contributed by atoms with Gasteiger partial charge in [0.1, 0.15) is 5.75 Å². The van der Waals surface area contributed by atoms with Crippen LogP contribution in [0.5, 0.6) is 5.75 Å². The molecule has 0 unspecified atom stereocenters. The highest BCUT2D eigenvalue weighted by Crippen LogP contribution is 2.35. The zero-order chi connectivity index (χ0) is 12.0. The highest BCUT2D eigenvalue weighted by Gasteiger charge is 2.33. The lowest BCUT2D eigenvalue weighted by Gasteiger charge is -2.13. The Hall–Kier alpha value is -1.23. The quantitative estimate of drug-likeness (QED) is 0.789. The molecule has 0 atom stereocenters. The predicted octanol–water partition coefficient (Wildman–Crippen LogP) is 2.69. The minimum Gasteiger partial charge on any atom is -0.493 e. The van der Waals surface area contributed by atoms with E-state index < -0.39 is 11.7 Å². The van der Waals surface area contributed by atoms with Crippen LogP contribution in [0.15, 0.2) is 24.3 Å². The standard InChI is InChI=1S/C11H14F3NO/c1-15-7-4-8-16-10-6-3-2-5-9(10)11(12,13)14/h2-3,5-6,15H,4,7-8H2,1H3. The lowest BCUT2D eigenvalue weighted by molar-refractivity contribution is -0.138. The van der Waals surface area contributed by atoms with Crippen LogP contribution in [-0.4, -0.2) is 20.2 Å². The Morgan fingerprint density at radius 1 is 1.25 bits per heavy atom. The third kappa shape index (κ3) is 3.73. The maximum Gasteiger partial charge on any atom is 0.419 e. The number of hydrogen-bond acceptors (Lipinski definition) is 2. The van der Waals surface area contributed by atoms with Crippen molar-refractivity contribution in [2.24, 2.45) is 0 Å². The van der Waals surface area contributed by atoms with E-state index in [4.69, 9.17) is 4.74 Å². The van der Waals surface area contributed by atoms with Gasteiger partial charge < -0.3 is 10.1 Å². The third-order valence-electron chi connectivity index (χ3n) is 2.02. The first-order valence-corrected chi connectivity index (χ1v) is 4.99. The van der Waals surface area contributed by atoms with E-state index in [9.17, 15) is 13.2 Å². The number of benzene rings is 1. The lowest BCUT2D eigenvalue weighted by atomic mass is 10.2. The predicted molar refractivity (Wildman–Crippen MR) is 55.5 cm³/mol. The summed E-state index contributed by atoms with van der Waals surface area (Å²) in [6.07, 6.45) is -3.69. The Balaban J connectivity index is 2.65. The Kier molecular flexibility index (Phi) is 4.61. The van der Waals surface area contributed by atoms with Crippen molar-refractivity contribution in [1.29, 1.82) is 0 Å². The molecule has 0 aliphatic heterocycles. The molecular weight excluding hydrogens is 219 g/mol. The summed E-state index contributed by atoms with van der Waals surface area (Å²) < 4.78 is 42.7. The molecule has 0 saturated carbocycles. The number of hydrogen-bond donors (Lipinski definition) is 1. The third-order valence-corrected chi connectivity index (χ3v) is 2.02. The molecule has 90 valence electrons. The van der Waals surface area contributed by atoms with Gasteiger partial charge in [-0.15, -0.1) is 0 Å². The van der Waals surface area contributed by atoms with Crippen LogP contribution in [0.1, 0.15) is 12.0 Å². The SMILES string of the molecule is CNCCCOc1ccccc1C(F)(F)F. The van der Waals surface area contributed by atoms with Gasteiger partial charge >= 0.3 is 6.18 Å². The molecular formula is C11H14F3NO. The van der Waals surface area contributed by atoms with Crippen molar-refractivity contribution in [1.82, 2.24) is 5.32 Å². The summed E-state index contributed by atoms with van der Waals surface area (Å²) in [5, 5.41) is 2.90. The molecule has 1 N–H and O–H groups in total. The van der Waals surface area contributed by atoms with Gasteiger partial charge in [-0.25, -0.2) is 0 Å². The van der Waals surface area contributed by atoms with E-state index in [1.165, 1.54) is 18.2 Å². The molecule has 0 heterocycles. The summed E-state index contributed by atoms with van der Waals surface area (Å²) in [5.41, 5.74) is -0.723. The molecule has 0 aromatic heterocycles. The van der Waals surface area contributed by atoms with Gasteiger partial charge in [0.15, 0.2) is 0 Å². The van der Waals surface area contributed by atoms with Gasteiger partial charge in [-0.05, 0) is 32.1 Å². The number of nitrogens with one attached hydrogen (secondary N) is 1. The van der Waals surface area contributed by atoms with Crippen LogP contribution >= 0.6 is 0 Å². The highest BCUT2D eigenvalue weighted by molar-refractivity contribution is 5.35. The van der Waals surface area contributed by atoms with Gasteiger partial charge in [0.05, 0.1) is 12.2 Å². The second-order valence-corrected chi connectivity index (χ2v) is 3.30. The molecule has 0 aliphatic carbocycles. The molecule has 5 heteroatoms. The summed E-state index contributed by atoms with van der Waals surface area (Å²) in [6.45, 7) is 0.988. The number of para-hydroxylation sites is 1. The van der Waals surface area contributed by atoms with Crippen molar-refractivity contribution in [3.05, 3.63) is 29.8 Å². The molecule has 1 aromatic carbocycles. The average molecular weight is 233 g/mol. The van der Waals surface area contributed by atoms with Gasteiger partial charge in [0.2, 0.25) is 0 Å². The molecule has 16 heavy (non-hydrogen) atoms. The minimum absolute atomic E-state index is 0.105. The number of rotatable bonds is 5. The zero-order valence-corrected chi connectivity index (χ0v) is 8.97. The van der Waals surface area contributed by atoms with Gasteiger partial charge in [-0.3, -0.25) is 0 Å². The number of halogens is 3. The first-order valence-electron chi connectivity index (χ1n) is 4.99. The second-order valence-electron chi connectivity index (χ2n) is 3.30. The summed E-state index contributed by atoms with van der Waals surface area (Å²) in [7, 11) is 1.78. The number of ether oxygens (including phenoxy) is 1. The average Bonchev–Trinajstić information content (AvgIpc) is 2.24. The van der Waals surface area contributed by atoms with Crippen LogP contribution in [0.2, 0.25) is 0 Å². The molecule has 0 bridgehead atoms. The topological polar surface area (TPSA) is 21.3 Å². The molecule has 0 fully saturated rings. The summed E-state index contributed by atoms with van der Waals surface area (Å²) >= 11 is 0. The lowest BCUT2D eigenvalue weighted by Crippen LogP contribution is -2.13. The van der Waals surface area contributed by atoms with Crippen molar-refractivity contribution in [2.75, 3.05) is 20.2 Å². The van der Waals surface area contributed by atoms with E-state index in [0.29, 0.717) is 13.0 Å². The van der Waals surface area contributed by atoms with Crippen LogP contribution in [0.25, 0.3) is 0 Å². The van der Waals surface area contributed by atoms with Crippen LogP contribution in [0, 0.1) is 0 Å². The van der Waals surface area contributed by atoms with Crippen LogP contribution < -0.4 is 10.1 Å². The van der Waals surface area contributed by atoms with Crippen LogP contribution in [0.3, 0.4) is 0 Å². The summed E-state index contributed by atoms with van der Waals surface area (Å²) in [5.74, 6) is -0.105. The normalized spacial score (nSPS) is 11.5. The van der Waals surface area contributed by atoms with Gasteiger partial charge in [0.25, 0.3) is 0 Å². The van der Waals surface area contributed by atoms with E-state index in [0.717, 1.165) is 6.07 Å². The van der Waals surface area contributed by atoms with Crippen LogP contribution in [-0.2, 0) is 6.18 Å². The minimum atomic E-state index is -4.36. The molecule has 0 saturated heterocycles. The summed E-state index contributed by atoms with van der Waals surface area (Å²) in [4.78, 5) is 0. The first kappa shape index (κ1) is 12.8. The molecule has 1 aromatic rings. The number of alkyl halides is 3. The molecule has 0 spiro atoms. The Labute approximate surface area is 92.4 Å². The van der Waals surface area contributed by atoms with Gasteiger partial charge in [0, 0.05) is 0 Å². The van der Waals surface area contributed by atoms with Crippen molar-refractivity contribution in [3.8, 4) is 5.75 Å². The summed E-state index contributed by atoms with van der Waals surface area (Å²) in [6, 6.07) is 5.24. The molecule has 0 amide bonds. The first-order chi connectivity index (χ1) is 7.55. The van der Waals surface area contributed by atoms with Crippen molar-refractivity contribution in [3.63, 3.8) is 0 Å². The van der Waals surface area contributed by atoms with E-state index in [1.54, 1.807) is 7.05 Å². The fourth-order valence-corrected chi connectivity index (χ4v) is 1.26. The Morgan fingerprint density at radius 3 is 2.56 bits per heavy atom. The fourth-order valence-electron chi connectivity index (χ4n) is 1.26. The highest BCUT2D eigenvalue weighted by atomic mass is 19.4. The van der Waals surface area contributed by atoms with Crippen molar-refractivity contribution < 1.29 is 17.9 Å². The molecule has 0 radical (unpaired) electrons. The fraction of sp³-hybridized carbons (Fsp3) is 0.455. The van der Waals surface area contributed by atoms with Gasteiger partial charge in [-0.2, -0.15) is 13.2 Å². The molecule has 0 aliphatic rings. The van der Waals surface area contributed by atoms with Crippen LogP contribution in [0.4, 0.5) is 13.2 Å². The monoisotopic (exact) mass is 233 g/mol. The smallest absolute Gasteiger partial charge is 0.419 e. The van der Waals surface area contributed by atoms with E-state index in [1.807, 2.05) is 0 Å². The maximum absolute atomic E-state index is 12.5. The second kappa shape index (κ2) is 5.75. The molecule has 1 rings (SSSR count). The largest absolute Gasteiger partial charge is 0.493 e. The van der Waals surface area contributed by atoms with Gasteiger partial charge in [-0.1, -0.05) is 12.1 Å². The van der Waals surface area contributed by atoms with Crippen molar-refractivity contribution in [2.45, 2.75) is 12.6 Å². The molecule has 2 nitrogen and oxygen atoms in total. The van der Waals surface area contributed by atoms with E-state index >= 15 is 0 Å². The Morgan fingerprint density at radius 2 is 1.94 bits per heavy atom.